The van der Waals surface area contributed by atoms with Crippen molar-refractivity contribution in [3.05, 3.63) is 83.9 Å². The van der Waals surface area contributed by atoms with Gasteiger partial charge in [0.05, 0.1) is 12.9 Å². The second kappa shape index (κ2) is 10.8. The predicted molar refractivity (Wildman–Crippen MR) is 128 cm³/mol. The molecule has 4 rings (SSSR count). The van der Waals surface area contributed by atoms with Crippen LogP contribution in [0.1, 0.15) is 14.0 Å². The van der Waals surface area contributed by atoms with Gasteiger partial charge < -0.3 is 16.8 Å². The summed E-state index contributed by atoms with van der Waals surface area (Å²) < 4.78 is 0. The van der Waals surface area contributed by atoms with Crippen molar-refractivity contribution in [2.24, 2.45) is 21.5 Å². The number of hydrogen-bond donors (Lipinski definition) is 3. The minimum absolute atomic E-state index is 0. The number of nitrogens with one attached hydrogen (secondary N) is 1. The van der Waals surface area contributed by atoms with Crippen molar-refractivity contribution < 1.29 is 2.85 Å². The Labute approximate surface area is 175 Å². The minimum Gasteiger partial charge on any atom is -0.390 e. The van der Waals surface area contributed by atoms with Crippen LogP contribution in [-0.2, 0) is 12.8 Å². The van der Waals surface area contributed by atoms with E-state index in [2.05, 4.69) is 88.1 Å². The Kier molecular flexibility index (Phi) is 7.55. The fourth-order valence-corrected chi connectivity index (χ4v) is 3.23. The SMILES string of the molecule is NC=NC=NCCN.[HH].[HH].c1ccc(-c2ccc3c(c2)CCc2ccccc2N3)cc1. The van der Waals surface area contributed by atoms with Crippen LogP contribution in [0.25, 0.3) is 11.1 Å². The minimum atomic E-state index is 0. The summed E-state index contributed by atoms with van der Waals surface area (Å²) >= 11 is 0. The zero-order valence-corrected chi connectivity index (χ0v) is 16.5. The second-order valence-corrected chi connectivity index (χ2v) is 6.63. The summed E-state index contributed by atoms with van der Waals surface area (Å²) in [6.07, 6.45) is 4.74. The fraction of sp³-hybridized carbons (Fsp3) is 0.167. The van der Waals surface area contributed by atoms with Crippen LogP contribution in [0.2, 0.25) is 0 Å². The Hall–Kier alpha value is -3.44. The number of nitrogens with two attached hydrogens (primary N) is 2. The van der Waals surface area contributed by atoms with E-state index < -0.39 is 0 Å². The molecule has 0 fully saturated rings. The van der Waals surface area contributed by atoms with Crippen LogP contribution in [0.5, 0.6) is 0 Å². The van der Waals surface area contributed by atoms with Crippen molar-refractivity contribution in [2.75, 3.05) is 18.4 Å². The van der Waals surface area contributed by atoms with Gasteiger partial charge in [0.1, 0.15) is 6.34 Å². The summed E-state index contributed by atoms with van der Waals surface area (Å²) in [6, 6.07) is 25.9. The summed E-state index contributed by atoms with van der Waals surface area (Å²) in [4.78, 5) is 7.27. The molecule has 5 heteroatoms. The third kappa shape index (κ3) is 5.77. The molecule has 0 atom stereocenters. The van der Waals surface area contributed by atoms with Gasteiger partial charge in [-0.2, -0.15) is 0 Å². The van der Waals surface area contributed by atoms with Gasteiger partial charge in [0.25, 0.3) is 0 Å². The average molecular weight is 390 g/mol. The van der Waals surface area contributed by atoms with E-state index in [1.165, 1.54) is 46.3 Å². The zero-order chi connectivity index (χ0) is 20.3. The smallest absolute Gasteiger partial charge is 0.111 e. The molecule has 29 heavy (non-hydrogen) atoms. The lowest BCUT2D eigenvalue weighted by atomic mass is 9.99. The van der Waals surface area contributed by atoms with Crippen LogP contribution < -0.4 is 16.8 Å². The molecule has 5 nitrogen and oxygen atoms in total. The summed E-state index contributed by atoms with van der Waals surface area (Å²) in [6.45, 7) is 1.16. The third-order valence-corrected chi connectivity index (χ3v) is 4.66. The topological polar surface area (TPSA) is 88.8 Å². The van der Waals surface area contributed by atoms with Crippen LogP contribution in [-0.4, -0.2) is 25.8 Å². The highest BCUT2D eigenvalue weighted by Gasteiger charge is 2.12. The highest BCUT2D eigenvalue weighted by Crippen LogP contribution is 2.32. The molecule has 3 aromatic rings. The molecule has 0 aliphatic carbocycles. The molecule has 0 amide bonds. The molecule has 0 bridgehead atoms. The van der Waals surface area contributed by atoms with E-state index in [-0.39, 0.29) is 2.85 Å². The van der Waals surface area contributed by atoms with Gasteiger partial charge in [-0.25, -0.2) is 4.99 Å². The van der Waals surface area contributed by atoms with Crippen molar-refractivity contribution in [2.45, 2.75) is 12.8 Å². The molecule has 5 N–H and O–H groups in total. The van der Waals surface area contributed by atoms with Crippen molar-refractivity contribution >= 4 is 24.1 Å². The first-order chi connectivity index (χ1) is 14.3. The molecule has 1 heterocycles. The third-order valence-electron chi connectivity index (χ3n) is 4.66. The quantitative estimate of drug-likeness (QED) is 0.448. The first kappa shape index (κ1) is 20.3. The molecule has 0 saturated carbocycles. The lowest BCUT2D eigenvalue weighted by Gasteiger charge is -2.11. The number of hydrogen-bond acceptors (Lipinski definition) is 3. The molecule has 1 aliphatic rings. The van der Waals surface area contributed by atoms with Crippen molar-refractivity contribution in [3.63, 3.8) is 0 Å². The number of anilines is 2. The van der Waals surface area contributed by atoms with Crippen LogP contribution in [0.15, 0.2) is 82.8 Å². The summed E-state index contributed by atoms with van der Waals surface area (Å²) in [5, 5.41) is 3.58. The number of aliphatic imine (C=N–C) groups is 2. The number of aryl methyl sites for hydroxylation is 2. The van der Waals surface area contributed by atoms with Crippen molar-refractivity contribution in [3.8, 4) is 11.1 Å². The molecule has 0 aromatic heterocycles. The molecular formula is C24H31N5. The molecule has 0 radical (unpaired) electrons. The van der Waals surface area contributed by atoms with Gasteiger partial charge >= 0.3 is 0 Å². The average Bonchev–Trinajstić information content (AvgIpc) is 2.97. The highest BCUT2D eigenvalue weighted by molar-refractivity contribution is 5.73. The van der Waals surface area contributed by atoms with Crippen LogP contribution in [0.4, 0.5) is 11.4 Å². The maximum atomic E-state index is 5.11. The Morgan fingerprint density at radius 2 is 1.59 bits per heavy atom. The van der Waals surface area contributed by atoms with Gasteiger partial charge in [0.2, 0.25) is 0 Å². The number of benzene rings is 3. The second-order valence-electron chi connectivity index (χ2n) is 6.63. The Morgan fingerprint density at radius 1 is 0.862 bits per heavy atom. The van der Waals surface area contributed by atoms with E-state index in [1.54, 1.807) is 0 Å². The first-order valence-electron chi connectivity index (χ1n) is 9.77. The lowest BCUT2D eigenvalue weighted by molar-refractivity contribution is 0.978. The van der Waals surface area contributed by atoms with E-state index in [4.69, 9.17) is 11.5 Å². The monoisotopic (exact) mass is 389 g/mol. The van der Waals surface area contributed by atoms with E-state index in [1.807, 2.05) is 0 Å². The normalized spacial score (nSPS) is 12.4. The van der Waals surface area contributed by atoms with Crippen LogP contribution in [0.3, 0.4) is 0 Å². The van der Waals surface area contributed by atoms with Gasteiger partial charge in [0.15, 0.2) is 0 Å². The fourth-order valence-electron chi connectivity index (χ4n) is 3.23. The Morgan fingerprint density at radius 3 is 2.38 bits per heavy atom. The van der Waals surface area contributed by atoms with E-state index >= 15 is 0 Å². The largest absolute Gasteiger partial charge is 0.390 e. The number of para-hydroxylation sites is 1. The van der Waals surface area contributed by atoms with E-state index in [9.17, 15) is 0 Å². The summed E-state index contributed by atoms with van der Waals surface area (Å²) in [5.74, 6) is 0. The molecule has 1 aliphatic heterocycles. The standard InChI is InChI=1S/C20H17N.C4H10N4.2H2/c1-2-6-15(7-3-1)17-12-13-20-18(14-17)11-10-16-8-4-5-9-19(16)21-20;5-1-2-7-4-8-3-6;;/h1-9,12-14,21H,10-11H2;3-4H,1-2,5H2,(H2,6,7,8);2*1H. The van der Waals surface area contributed by atoms with Crippen molar-refractivity contribution in [1.29, 1.82) is 0 Å². The predicted octanol–water partition coefficient (Wildman–Crippen LogP) is 4.65. The maximum absolute atomic E-state index is 5.11. The Bertz CT molecular complexity index is 975. The van der Waals surface area contributed by atoms with E-state index in [0.29, 0.717) is 13.1 Å². The maximum Gasteiger partial charge on any atom is 0.111 e. The number of rotatable bonds is 4. The van der Waals surface area contributed by atoms with Gasteiger partial charge in [-0.15, -0.1) is 0 Å². The van der Waals surface area contributed by atoms with Crippen LogP contribution in [0, 0.1) is 0 Å². The van der Waals surface area contributed by atoms with Gasteiger partial charge in [-0.1, -0.05) is 54.6 Å². The van der Waals surface area contributed by atoms with Crippen molar-refractivity contribution in [1.82, 2.24) is 0 Å². The molecule has 0 spiro atoms. The Balaban J connectivity index is 0.000000419. The zero-order valence-electron chi connectivity index (χ0n) is 16.5. The molecular weight excluding hydrogens is 358 g/mol. The van der Waals surface area contributed by atoms with Gasteiger partial charge in [-0.3, -0.25) is 4.99 Å². The first-order valence-corrected chi connectivity index (χ1v) is 9.77. The molecule has 0 unspecified atom stereocenters. The molecule has 152 valence electrons. The number of fused-ring (bicyclic) bond motifs is 2. The van der Waals surface area contributed by atoms with Gasteiger partial charge in [0, 0.05) is 20.8 Å². The summed E-state index contributed by atoms with van der Waals surface area (Å²) in [5.41, 5.74) is 17.9. The molecule has 3 aromatic carbocycles. The van der Waals surface area contributed by atoms with Crippen LogP contribution >= 0.6 is 0 Å². The molecule has 0 saturated heterocycles. The van der Waals surface area contributed by atoms with Gasteiger partial charge in [-0.05, 0) is 53.3 Å². The number of nitrogens with zero attached hydrogens (tertiary/aromatic N) is 2. The lowest BCUT2D eigenvalue weighted by Crippen LogP contribution is -2.02. The van der Waals surface area contributed by atoms with E-state index in [0.717, 1.165) is 12.8 Å². The summed E-state index contributed by atoms with van der Waals surface area (Å²) in [7, 11) is 0. The highest BCUT2D eigenvalue weighted by atomic mass is 14.9.